The zero-order valence-electron chi connectivity index (χ0n) is 21.7. The molecule has 2 atom stereocenters. The van der Waals surface area contributed by atoms with Gasteiger partial charge in [-0.1, -0.05) is 30.3 Å². The summed E-state index contributed by atoms with van der Waals surface area (Å²) in [6.07, 6.45) is 6.02. The number of rotatable bonds is 6. The van der Waals surface area contributed by atoms with E-state index in [9.17, 15) is 9.59 Å². The number of esters is 1. The fourth-order valence-electron chi connectivity index (χ4n) is 5.82. The summed E-state index contributed by atoms with van der Waals surface area (Å²) < 4.78 is 11.3. The van der Waals surface area contributed by atoms with Crippen molar-refractivity contribution < 1.29 is 19.1 Å². The van der Waals surface area contributed by atoms with Gasteiger partial charge in [0.2, 0.25) is 0 Å². The van der Waals surface area contributed by atoms with Crippen LogP contribution in [0.4, 0.5) is 0 Å². The summed E-state index contributed by atoms with van der Waals surface area (Å²) >= 11 is 0. The van der Waals surface area contributed by atoms with Crippen LogP contribution in [0.5, 0.6) is 5.75 Å². The number of methoxy groups -OCH3 is 1. The number of ketones is 1. The van der Waals surface area contributed by atoms with Crippen molar-refractivity contribution >= 4 is 22.7 Å². The first-order valence-corrected chi connectivity index (χ1v) is 12.9. The van der Waals surface area contributed by atoms with Gasteiger partial charge in [-0.05, 0) is 48.7 Å². The van der Waals surface area contributed by atoms with Crippen molar-refractivity contribution in [2.24, 2.45) is 0 Å². The summed E-state index contributed by atoms with van der Waals surface area (Å²) in [6.45, 7) is 1.80. The summed E-state index contributed by atoms with van der Waals surface area (Å²) in [5.74, 6) is 0.0580. The van der Waals surface area contributed by atoms with Gasteiger partial charge >= 0.3 is 5.97 Å². The molecule has 3 heterocycles. The highest BCUT2D eigenvalue weighted by Crippen LogP contribution is 2.48. The van der Waals surface area contributed by atoms with Gasteiger partial charge in [0.1, 0.15) is 5.75 Å². The normalized spacial score (nSPS) is 19.1. The number of nitrogens with zero attached hydrogens (tertiary/aromatic N) is 2. The van der Waals surface area contributed by atoms with Crippen LogP contribution in [-0.2, 0) is 20.9 Å². The molecule has 2 aliphatic rings. The van der Waals surface area contributed by atoms with Crippen LogP contribution in [0.25, 0.3) is 10.9 Å². The highest BCUT2D eigenvalue weighted by atomic mass is 16.5. The Bertz CT molecular complexity index is 1640. The van der Waals surface area contributed by atoms with Crippen LogP contribution in [0.1, 0.15) is 48.6 Å². The Morgan fingerprint density at radius 1 is 1.00 bits per heavy atom. The van der Waals surface area contributed by atoms with Gasteiger partial charge < -0.3 is 19.8 Å². The predicted octanol–water partition coefficient (Wildman–Crippen LogP) is 5.07. The molecule has 39 heavy (non-hydrogen) atoms. The van der Waals surface area contributed by atoms with Crippen LogP contribution in [0, 0.1) is 0 Å². The Balaban J connectivity index is 1.43. The van der Waals surface area contributed by atoms with Gasteiger partial charge in [-0.15, -0.1) is 0 Å². The number of fused-ring (bicyclic) bond motifs is 1. The molecule has 1 aliphatic carbocycles. The van der Waals surface area contributed by atoms with Crippen LogP contribution in [0.2, 0.25) is 0 Å². The number of benzene rings is 2. The van der Waals surface area contributed by atoms with Crippen LogP contribution in [-0.4, -0.2) is 33.8 Å². The van der Waals surface area contributed by atoms with Gasteiger partial charge in [0, 0.05) is 64.7 Å². The molecule has 2 aromatic carbocycles. The van der Waals surface area contributed by atoms with E-state index in [4.69, 9.17) is 9.47 Å². The minimum absolute atomic E-state index is 0.00128. The molecule has 2 N–H and O–H groups in total. The quantitative estimate of drug-likeness (QED) is 0.342. The number of hydrogen-bond donors (Lipinski definition) is 2. The fourth-order valence-corrected chi connectivity index (χ4v) is 5.82. The molecule has 0 bridgehead atoms. The third kappa shape index (κ3) is 4.48. The van der Waals surface area contributed by atoms with Gasteiger partial charge in [-0.2, -0.15) is 0 Å². The highest BCUT2D eigenvalue weighted by Gasteiger charge is 2.42. The average Bonchev–Trinajstić information content (AvgIpc) is 3.45. The standard InChI is InChI=1S/C31H28N4O4/c1-18-28(31(37)39-17-27-33-12-6-13-34-27)29(22-8-5-9-23-21(22)11-14-32-23)30-24(35-18)15-19(16-25(30)36)20-7-3-4-10-26(20)38-2/h3-14,19,29,32,35H,15-17H2,1-2H3/t19-,29-/m1/s1. The number of allylic oxidation sites excluding steroid dienone is 3. The topological polar surface area (TPSA) is 106 Å². The molecule has 196 valence electrons. The summed E-state index contributed by atoms with van der Waals surface area (Å²) in [5.41, 5.74) is 5.35. The Kier molecular flexibility index (Phi) is 6.44. The second-order valence-corrected chi connectivity index (χ2v) is 9.79. The number of carbonyl (C=O) groups excluding carboxylic acids is 2. The van der Waals surface area contributed by atoms with Crippen LogP contribution >= 0.6 is 0 Å². The van der Waals surface area contributed by atoms with Gasteiger partial charge in [-0.3, -0.25) is 4.79 Å². The zero-order valence-corrected chi connectivity index (χ0v) is 21.7. The number of aromatic amines is 1. The van der Waals surface area contributed by atoms with E-state index in [-0.39, 0.29) is 18.3 Å². The molecule has 0 fully saturated rings. The Morgan fingerprint density at radius 3 is 2.62 bits per heavy atom. The molecule has 6 rings (SSSR count). The molecule has 0 saturated carbocycles. The molecule has 8 heteroatoms. The molecular formula is C31H28N4O4. The largest absolute Gasteiger partial charge is 0.496 e. The van der Waals surface area contributed by atoms with Crippen molar-refractivity contribution in [3.8, 4) is 5.75 Å². The molecule has 8 nitrogen and oxygen atoms in total. The van der Waals surface area contributed by atoms with Crippen molar-refractivity contribution in [3.63, 3.8) is 0 Å². The van der Waals surface area contributed by atoms with E-state index in [0.29, 0.717) is 35.5 Å². The number of hydrogen-bond acceptors (Lipinski definition) is 7. The Hall–Kier alpha value is -4.72. The third-order valence-corrected chi connectivity index (χ3v) is 7.52. The van der Waals surface area contributed by atoms with Gasteiger partial charge in [0.15, 0.2) is 18.2 Å². The van der Waals surface area contributed by atoms with Crippen molar-refractivity contribution in [2.75, 3.05) is 7.11 Å². The van der Waals surface area contributed by atoms with Crippen LogP contribution in [0.15, 0.2) is 95.7 Å². The first kappa shape index (κ1) is 24.6. The van der Waals surface area contributed by atoms with Crippen LogP contribution in [0.3, 0.4) is 0 Å². The molecule has 0 unspecified atom stereocenters. The summed E-state index contributed by atoms with van der Waals surface area (Å²) in [7, 11) is 1.64. The molecule has 0 spiro atoms. The maximum Gasteiger partial charge on any atom is 0.337 e. The lowest BCUT2D eigenvalue weighted by atomic mass is 9.71. The second kappa shape index (κ2) is 10.2. The van der Waals surface area contributed by atoms with Gasteiger partial charge in [0.25, 0.3) is 0 Å². The van der Waals surface area contributed by atoms with Crippen molar-refractivity contribution in [1.82, 2.24) is 20.3 Å². The minimum Gasteiger partial charge on any atom is -0.496 e. The summed E-state index contributed by atoms with van der Waals surface area (Å²) in [6, 6.07) is 17.4. The van der Waals surface area contributed by atoms with E-state index in [1.807, 2.05) is 61.7 Å². The summed E-state index contributed by atoms with van der Waals surface area (Å²) in [5, 5.41) is 4.37. The first-order chi connectivity index (χ1) is 19.0. The molecule has 2 aromatic heterocycles. The van der Waals surface area contributed by atoms with Gasteiger partial charge in [0.05, 0.1) is 12.7 Å². The molecule has 0 saturated heterocycles. The number of aromatic nitrogens is 3. The maximum absolute atomic E-state index is 14.0. The molecule has 0 radical (unpaired) electrons. The Morgan fingerprint density at radius 2 is 1.79 bits per heavy atom. The van der Waals surface area contributed by atoms with Crippen molar-refractivity contribution in [1.29, 1.82) is 0 Å². The minimum atomic E-state index is -0.573. The summed E-state index contributed by atoms with van der Waals surface area (Å²) in [4.78, 5) is 39.2. The number of nitrogens with one attached hydrogen (secondary N) is 2. The number of ether oxygens (including phenoxy) is 2. The average molecular weight is 521 g/mol. The molecule has 4 aromatic rings. The molecule has 1 aliphatic heterocycles. The van der Waals surface area contributed by atoms with Crippen molar-refractivity contribution in [3.05, 3.63) is 113 Å². The lowest BCUT2D eigenvalue weighted by Crippen LogP contribution is -2.36. The van der Waals surface area contributed by atoms with Crippen molar-refractivity contribution in [2.45, 2.75) is 38.2 Å². The van der Waals surface area contributed by atoms with Crippen LogP contribution < -0.4 is 10.1 Å². The third-order valence-electron chi connectivity index (χ3n) is 7.52. The maximum atomic E-state index is 14.0. The number of para-hydroxylation sites is 1. The SMILES string of the molecule is COc1ccccc1[C@H]1CC(=O)C2=C(C1)NC(C)=C(C(=O)OCc1ncccn1)[C@H]2c1cccc2[nH]ccc12. The van der Waals surface area contributed by atoms with E-state index in [1.165, 1.54) is 0 Å². The zero-order chi connectivity index (χ0) is 26.9. The monoisotopic (exact) mass is 520 g/mol. The molecule has 0 amide bonds. The number of Topliss-reactive ketones (excluding diaryl/α,β-unsaturated/α-hetero) is 1. The smallest absolute Gasteiger partial charge is 0.337 e. The molecular weight excluding hydrogens is 492 g/mol. The number of carbonyl (C=O) groups is 2. The van der Waals surface area contributed by atoms with E-state index < -0.39 is 11.9 Å². The number of H-pyrrole nitrogens is 1. The lowest BCUT2D eigenvalue weighted by molar-refractivity contribution is -0.140. The second-order valence-electron chi connectivity index (χ2n) is 9.79. The van der Waals surface area contributed by atoms with E-state index >= 15 is 0 Å². The van der Waals surface area contributed by atoms with E-state index in [1.54, 1.807) is 25.6 Å². The lowest BCUT2D eigenvalue weighted by Gasteiger charge is -2.37. The predicted molar refractivity (Wildman–Crippen MR) is 146 cm³/mol. The van der Waals surface area contributed by atoms with Gasteiger partial charge in [-0.25, -0.2) is 14.8 Å². The van der Waals surface area contributed by atoms with E-state index in [0.717, 1.165) is 33.5 Å². The number of dihydropyridines is 1. The van der Waals surface area contributed by atoms with E-state index in [2.05, 4.69) is 20.3 Å². The fraction of sp³-hybridized carbons (Fsp3) is 0.226. The Labute approximate surface area is 225 Å². The first-order valence-electron chi connectivity index (χ1n) is 12.9. The highest BCUT2D eigenvalue weighted by molar-refractivity contribution is 6.05.